The van der Waals surface area contributed by atoms with Gasteiger partial charge in [0.15, 0.2) is 0 Å². The molecule has 1 amide bonds. The molecule has 3 nitrogen and oxygen atoms in total. The van der Waals surface area contributed by atoms with E-state index in [-0.39, 0.29) is 5.92 Å². The molecule has 1 atom stereocenters. The van der Waals surface area contributed by atoms with Crippen LogP contribution in [0.1, 0.15) is 63.5 Å². The molecule has 25 heavy (non-hydrogen) atoms. The van der Waals surface area contributed by atoms with E-state index in [0.717, 1.165) is 45.6 Å². The van der Waals surface area contributed by atoms with Crippen LogP contribution in [0, 0.1) is 11.8 Å². The zero-order valence-corrected chi connectivity index (χ0v) is 16.2. The van der Waals surface area contributed by atoms with Gasteiger partial charge in [-0.3, -0.25) is 9.69 Å². The van der Waals surface area contributed by atoms with Crippen LogP contribution >= 0.6 is 0 Å². The van der Waals surface area contributed by atoms with E-state index < -0.39 is 0 Å². The van der Waals surface area contributed by atoms with Gasteiger partial charge in [0.25, 0.3) is 0 Å². The molecule has 0 saturated carbocycles. The zero-order chi connectivity index (χ0) is 17.8. The summed E-state index contributed by atoms with van der Waals surface area (Å²) < 4.78 is 0. The lowest BCUT2D eigenvalue weighted by Gasteiger charge is -2.37. The second-order valence-corrected chi connectivity index (χ2v) is 8.48. The van der Waals surface area contributed by atoms with Gasteiger partial charge in [-0.2, -0.15) is 0 Å². The Labute approximate surface area is 153 Å². The maximum atomic E-state index is 12.8. The SMILES string of the molecule is CC(C)c1ccc(CN2CCC(C(=O)N3CCC[C@@H](C)C3)CC2)cc1. The molecule has 2 heterocycles. The molecular weight excluding hydrogens is 308 g/mol. The van der Waals surface area contributed by atoms with Crippen molar-refractivity contribution in [1.82, 2.24) is 9.80 Å². The summed E-state index contributed by atoms with van der Waals surface area (Å²) in [4.78, 5) is 17.4. The van der Waals surface area contributed by atoms with E-state index in [2.05, 4.69) is 54.8 Å². The molecule has 0 unspecified atom stereocenters. The maximum absolute atomic E-state index is 12.8. The van der Waals surface area contributed by atoms with Crippen molar-refractivity contribution in [1.29, 1.82) is 0 Å². The third kappa shape index (κ3) is 4.84. The number of likely N-dealkylation sites (tertiary alicyclic amines) is 2. The molecule has 0 N–H and O–H groups in total. The molecule has 2 aliphatic rings. The molecule has 0 bridgehead atoms. The first-order valence-corrected chi connectivity index (χ1v) is 10.1. The minimum atomic E-state index is 0.255. The predicted molar refractivity (Wildman–Crippen MR) is 104 cm³/mol. The van der Waals surface area contributed by atoms with Crippen LogP contribution in [0.2, 0.25) is 0 Å². The summed E-state index contributed by atoms with van der Waals surface area (Å²) >= 11 is 0. The number of nitrogens with zero attached hydrogens (tertiary/aromatic N) is 2. The van der Waals surface area contributed by atoms with E-state index in [1.54, 1.807) is 0 Å². The van der Waals surface area contributed by atoms with E-state index in [1.165, 1.54) is 24.0 Å². The number of amides is 1. The number of benzene rings is 1. The summed E-state index contributed by atoms with van der Waals surface area (Å²) in [6.07, 6.45) is 4.50. The van der Waals surface area contributed by atoms with Crippen LogP contribution in [-0.4, -0.2) is 41.9 Å². The van der Waals surface area contributed by atoms with E-state index in [1.807, 2.05) is 0 Å². The molecule has 0 spiro atoms. The number of hydrogen-bond donors (Lipinski definition) is 0. The Morgan fingerprint density at radius 1 is 1.08 bits per heavy atom. The second-order valence-electron chi connectivity index (χ2n) is 8.48. The number of piperidine rings is 2. The van der Waals surface area contributed by atoms with E-state index in [4.69, 9.17) is 0 Å². The van der Waals surface area contributed by atoms with Crippen molar-refractivity contribution in [3.8, 4) is 0 Å². The monoisotopic (exact) mass is 342 g/mol. The molecule has 2 fully saturated rings. The van der Waals surface area contributed by atoms with Gasteiger partial charge in [-0.25, -0.2) is 0 Å². The van der Waals surface area contributed by atoms with Crippen molar-refractivity contribution in [3.63, 3.8) is 0 Å². The molecule has 0 aliphatic carbocycles. The first kappa shape index (κ1) is 18.4. The number of hydrogen-bond acceptors (Lipinski definition) is 2. The van der Waals surface area contributed by atoms with Crippen molar-refractivity contribution in [2.75, 3.05) is 26.2 Å². The van der Waals surface area contributed by atoms with Crippen LogP contribution in [-0.2, 0) is 11.3 Å². The Bertz CT molecular complexity index is 558. The van der Waals surface area contributed by atoms with Crippen LogP contribution in [0.4, 0.5) is 0 Å². The molecule has 2 aliphatic heterocycles. The molecule has 1 aromatic rings. The molecule has 138 valence electrons. The normalized spacial score (nSPS) is 23.2. The van der Waals surface area contributed by atoms with Crippen LogP contribution in [0.3, 0.4) is 0 Å². The lowest BCUT2D eigenvalue weighted by molar-refractivity contribution is -0.138. The smallest absolute Gasteiger partial charge is 0.225 e. The molecule has 1 aromatic carbocycles. The molecule has 2 saturated heterocycles. The van der Waals surface area contributed by atoms with E-state index >= 15 is 0 Å². The van der Waals surface area contributed by atoms with Gasteiger partial charge >= 0.3 is 0 Å². The van der Waals surface area contributed by atoms with Gasteiger partial charge in [0.05, 0.1) is 0 Å². The molecular formula is C22H34N2O. The van der Waals surface area contributed by atoms with Crippen molar-refractivity contribution in [2.45, 2.75) is 58.9 Å². The Morgan fingerprint density at radius 2 is 1.76 bits per heavy atom. The highest BCUT2D eigenvalue weighted by Crippen LogP contribution is 2.24. The van der Waals surface area contributed by atoms with Gasteiger partial charge in [0.2, 0.25) is 5.91 Å². The molecule has 0 radical (unpaired) electrons. The topological polar surface area (TPSA) is 23.6 Å². The summed E-state index contributed by atoms with van der Waals surface area (Å²) in [5.74, 6) is 1.94. The number of carbonyl (C=O) groups is 1. The fourth-order valence-corrected chi connectivity index (χ4v) is 4.25. The van der Waals surface area contributed by atoms with E-state index in [0.29, 0.717) is 17.7 Å². The van der Waals surface area contributed by atoms with Gasteiger partial charge in [0, 0.05) is 25.6 Å². The Balaban J connectivity index is 1.47. The number of carbonyl (C=O) groups excluding carboxylic acids is 1. The third-order valence-corrected chi connectivity index (χ3v) is 5.96. The van der Waals surface area contributed by atoms with Gasteiger partial charge in [-0.1, -0.05) is 45.0 Å². The van der Waals surface area contributed by atoms with Gasteiger partial charge in [-0.05, 0) is 61.7 Å². The van der Waals surface area contributed by atoms with Crippen molar-refractivity contribution in [3.05, 3.63) is 35.4 Å². The summed E-state index contributed by atoms with van der Waals surface area (Å²) in [5.41, 5.74) is 2.79. The molecule has 3 rings (SSSR count). The quantitative estimate of drug-likeness (QED) is 0.815. The highest BCUT2D eigenvalue weighted by molar-refractivity contribution is 5.79. The van der Waals surface area contributed by atoms with Crippen molar-refractivity contribution >= 4 is 5.91 Å². The Morgan fingerprint density at radius 3 is 2.36 bits per heavy atom. The number of rotatable bonds is 4. The van der Waals surface area contributed by atoms with Crippen LogP contribution < -0.4 is 0 Å². The first-order chi connectivity index (χ1) is 12.0. The highest BCUT2D eigenvalue weighted by atomic mass is 16.2. The van der Waals surface area contributed by atoms with Gasteiger partial charge in [0.1, 0.15) is 0 Å². The second kappa shape index (κ2) is 8.35. The van der Waals surface area contributed by atoms with Crippen LogP contribution in [0.25, 0.3) is 0 Å². The highest BCUT2D eigenvalue weighted by Gasteiger charge is 2.30. The maximum Gasteiger partial charge on any atom is 0.225 e. The third-order valence-electron chi connectivity index (χ3n) is 5.96. The Kier molecular flexibility index (Phi) is 6.16. The lowest BCUT2D eigenvalue weighted by Crippen LogP contribution is -2.45. The van der Waals surface area contributed by atoms with Crippen LogP contribution in [0.15, 0.2) is 24.3 Å². The minimum Gasteiger partial charge on any atom is -0.342 e. The average Bonchev–Trinajstić information content (AvgIpc) is 2.62. The van der Waals surface area contributed by atoms with Crippen molar-refractivity contribution < 1.29 is 4.79 Å². The largest absolute Gasteiger partial charge is 0.342 e. The summed E-state index contributed by atoms with van der Waals surface area (Å²) in [6.45, 7) is 11.8. The summed E-state index contributed by atoms with van der Waals surface area (Å²) in [6, 6.07) is 9.05. The molecule has 3 heteroatoms. The average molecular weight is 343 g/mol. The Hall–Kier alpha value is -1.35. The predicted octanol–water partition coefficient (Wildman–Crippen LogP) is 4.28. The van der Waals surface area contributed by atoms with Crippen LogP contribution in [0.5, 0.6) is 0 Å². The lowest BCUT2D eigenvalue weighted by atomic mass is 9.92. The summed E-state index contributed by atoms with van der Waals surface area (Å²) in [7, 11) is 0. The molecule has 0 aromatic heterocycles. The fourth-order valence-electron chi connectivity index (χ4n) is 4.25. The summed E-state index contributed by atoms with van der Waals surface area (Å²) in [5, 5.41) is 0. The standard InChI is InChI=1S/C22H34N2O/c1-17(2)20-8-6-19(7-9-20)16-23-13-10-21(11-14-23)22(25)24-12-4-5-18(3)15-24/h6-9,17-18,21H,4-5,10-16H2,1-3H3/t18-/m1/s1. The zero-order valence-electron chi connectivity index (χ0n) is 16.2. The van der Waals surface area contributed by atoms with Gasteiger partial charge < -0.3 is 4.90 Å². The van der Waals surface area contributed by atoms with E-state index in [9.17, 15) is 4.79 Å². The van der Waals surface area contributed by atoms with Gasteiger partial charge in [-0.15, -0.1) is 0 Å². The fraction of sp³-hybridized carbons (Fsp3) is 0.682. The van der Waals surface area contributed by atoms with Crippen molar-refractivity contribution in [2.24, 2.45) is 11.8 Å². The minimum absolute atomic E-state index is 0.255. The first-order valence-electron chi connectivity index (χ1n) is 10.1.